The molecule has 1 amide bonds. The lowest BCUT2D eigenvalue weighted by atomic mass is 9.88. The van der Waals surface area contributed by atoms with E-state index in [9.17, 15) is 9.59 Å². The van der Waals surface area contributed by atoms with E-state index in [1.807, 2.05) is 6.07 Å². The third-order valence-electron chi connectivity index (χ3n) is 5.02. The maximum Gasteiger partial charge on any atom is 0.344 e. The molecule has 150 valence electrons. The van der Waals surface area contributed by atoms with Gasteiger partial charge in [0.2, 0.25) is 0 Å². The number of amides is 1. The second-order valence-corrected chi connectivity index (χ2v) is 7.44. The average molecular weight is 423 g/mol. The topological polar surface area (TPSA) is 94.6 Å². The molecule has 3 heterocycles. The van der Waals surface area contributed by atoms with Gasteiger partial charge in [0.1, 0.15) is 17.1 Å². The standard InChI is InChI=1S/C22H15ClN2O5/c1-11-10-16(25-30-11)24-21(26)20-17(12-6-8-13(23)9-7-12)18-19(29-20)14-4-2-3-5-15(14)28-22(18)27/h2-10,17,20H,1H3,(H,24,25,26)/t17-,20-/m0/s1. The van der Waals surface area contributed by atoms with E-state index in [1.165, 1.54) is 0 Å². The first kappa shape index (κ1) is 18.4. The van der Waals surface area contributed by atoms with Gasteiger partial charge in [-0.2, -0.15) is 0 Å². The molecule has 2 aromatic carbocycles. The number of hydrogen-bond acceptors (Lipinski definition) is 6. The van der Waals surface area contributed by atoms with Crippen LogP contribution in [0.3, 0.4) is 0 Å². The zero-order valence-electron chi connectivity index (χ0n) is 15.7. The number of nitrogens with zero attached hydrogens (tertiary/aromatic N) is 1. The number of carbonyl (C=O) groups is 1. The van der Waals surface area contributed by atoms with Crippen molar-refractivity contribution in [2.24, 2.45) is 0 Å². The predicted octanol–water partition coefficient (Wildman–Crippen LogP) is 4.27. The maximum atomic E-state index is 13.1. The SMILES string of the molecule is Cc1cc(NC(=O)[C@H]2Oc3c(c(=O)oc4ccccc34)[C@@H]2c2ccc(Cl)cc2)no1. The van der Waals surface area contributed by atoms with Crippen molar-refractivity contribution in [2.45, 2.75) is 18.9 Å². The number of carbonyl (C=O) groups excluding carboxylic acids is 1. The summed E-state index contributed by atoms with van der Waals surface area (Å²) in [5.41, 5.74) is 0.852. The third-order valence-corrected chi connectivity index (χ3v) is 5.28. The molecule has 7 nitrogen and oxygen atoms in total. The molecule has 0 aliphatic carbocycles. The van der Waals surface area contributed by atoms with Gasteiger partial charge in [-0.25, -0.2) is 4.79 Å². The Hall–Kier alpha value is -3.58. The van der Waals surface area contributed by atoms with Crippen LogP contribution in [0.15, 0.2) is 68.3 Å². The van der Waals surface area contributed by atoms with E-state index in [2.05, 4.69) is 10.5 Å². The van der Waals surface area contributed by atoms with Crippen molar-refractivity contribution in [3.05, 3.63) is 86.9 Å². The molecular formula is C22H15ClN2O5. The first-order valence-corrected chi connectivity index (χ1v) is 9.61. The van der Waals surface area contributed by atoms with Crippen molar-refractivity contribution in [3.63, 3.8) is 0 Å². The minimum Gasteiger partial charge on any atom is -0.478 e. The molecule has 2 atom stereocenters. The quantitative estimate of drug-likeness (QED) is 0.495. The highest BCUT2D eigenvalue weighted by Gasteiger charge is 2.44. The van der Waals surface area contributed by atoms with E-state index in [0.717, 1.165) is 0 Å². The summed E-state index contributed by atoms with van der Waals surface area (Å²) in [7, 11) is 0. The Labute approximate surface area is 175 Å². The molecular weight excluding hydrogens is 408 g/mol. The second-order valence-electron chi connectivity index (χ2n) is 7.01. The van der Waals surface area contributed by atoms with Crippen molar-refractivity contribution < 1.29 is 18.5 Å². The lowest BCUT2D eigenvalue weighted by Crippen LogP contribution is -2.35. The summed E-state index contributed by atoms with van der Waals surface area (Å²) in [5.74, 6) is 0.0398. The molecule has 30 heavy (non-hydrogen) atoms. The number of halogens is 1. The molecule has 0 radical (unpaired) electrons. The van der Waals surface area contributed by atoms with Crippen LogP contribution in [-0.2, 0) is 4.79 Å². The minimum atomic E-state index is -1.01. The monoisotopic (exact) mass is 422 g/mol. The largest absolute Gasteiger partial charge is 0.478 e. The molecule has 0 fully saturated rings. The fraction of sp³-hybridized carbons (Fsp3) is 0.136. The number of aromatic nitrogens is 1. The number of anilines is 1. The Morgan fingerprint density at radius 2 is 1.90 bits per heavy atom. The number of hydrogen-bond donors (Lipinski definition) is 1. The molecule has 0 saturated heterocycles. The summed E-state index contributed by atoms with van der Waals surface area (Å²) in [4.78, 5) is 26.0. The van der Waals surface area contributed by atoms with Gasteiger partial charge in [0.15, 0.2) is 11.9 Å². The molecule has 0 saturated carbocycles. The van der Waals surface area contributed by atoms with E-state index < -0.39 is 23.6 Å². The number of ether oxygens (including phenoxy) is 1. The van der Waals surface area contributed by atoms with Crippen molar-refractivity contribution in [1.29, 1.82) is 0 Å². The smallest absolute Gasteiger partial charge is 0.344 e. The Morgan fingerprint density at radius 3 is 2.63 bits per heavy atom. The van der Waals surface area contributed by atoms with Crippen LogP contribution < -0.4 is 15.7 Å². The number of rotatable bonds is 3. The molecule has 4 aromatic rings. The lowest BCUT2D eigenvalue weighted by Gasteiger charge is -2.18. The van der Waals surface area contributed by atoms with Crippen molar-refractivity contribution in [1.82, 2.24) is 5.16 Å². The molecule has 0 unspecified atom stereocenters. The van der Waals surface area contributed by atoms with Gasteiger partial charge in [0, 0.05) is 11.1 Å². The van der Waals surface area contributed by atoms with Crippen LogP contribution in [0.4, 0.5) is 5.82 Å². The first-order chi connectivity index (χ1) is 14.5. The zero-order chi connectivity index (χ0) is 20.8. The van der Waals surface area contributed by atoms with E-state index in [1.54, 1.807) is 55.5 Å². The summed E-state index contributed by atoms with van der Waals surface area (Å²) in [6.07, 6.45) is -1.01. The van der Waals surface area contributed by atoms with Crippen LogP contribution in [-0.4, -0.2) is 17.2 Å². The van der Waals surface area contributed by atoms with Crippen LogP contribution >= 0.6 is 11.6 Å². The fourth-order valence-electron chi connectivity index (χ4n) is 3.72. The van der Waals surface area contributed by atoms with Gasteiger partial charge in [0.05, 0.1) is 16.9 Å². The van der Waals surface area contributed by atoms with Gasteiger partial charge in [-0.1, -0.05) is 41.0 Å². The summed E-state index contributed by atoms with van der Waals surface area (Å²) in [6.45, 7) is 1.72. The van der Waals surface area contributed by atoms with Crippen molar-refractivity contribution in [2.75, 3.05) is 5.32 Å². The molecule has 0 bridgehead atoms. The van der Waals surface area contributed by atoms with Gasteiger partial charge < -0.3 is 19.0 Å². The van der Waals surface area contributed by atoms with Gasteiger partial charge in [-0.3, -0.25) is 4.79 Å². The second kappa shape index (κ2) is 7.03. The molecule has 5 rings (SSSR count). The fourth-order valence-corrected chi connectivity index (χ4v) is 3.84. The highest BCUT2D eigenvalue weighted by molar-refractivity contribution is 6.30. The summed E-state index contributed by atoms with van der Waals surface area (Å²) in [5, 5.41) is 7.65. The van der Waals surface area contributed by atoms with Gasteiger partial charge in [0.25, 0.3) is 5.91 Å². The van der Waals surface area contributed by atoms with Gasteiger partial charge >= 0.3 is 5.63 Å². The number of nitrogens with one attached hydrogen (secondary N) is 1. The highest BCUT2D eigenvalue weighted by atomic mass is 35.5. The van der Waals surface area contributed by atoms with Gasteiger partial charge in [-0.05, 0) is 36.8 Å². The summed E-state index contributed by atoms with van der Waals surface area (Å²) >= 11 is 6.03. The van der Waals surface area contributed by atoms with Crippen LogP contribution in [0.2, 0.25) is 5.02 Å². The van der Waals surface area contributed by atoms with Gasteiger partial charge in [-0.15, -0.1) is 0 Å². The van der Waals surface area contributed by atoms with Crippen molar-refractivity contribution in [3.8, 4) is 5.75 Å². The molecule has 1 aliphatic rings. The lowest BCUT2D eigenvalue weighted by molar-refractivity contribution is -0.122. The Morgan fingerprint density at radius 1 is 1.13 bits per heavy atom. The number of aryl methyl sites for hydroxylation is 1. The van der Waals surface area contributed by atoms with E-state index in [-0.39, 0.29) is 5.82 Å². The Kier molecular flexibility index (Phi) is 4.33. The number of benzene rings is 2. The number of fused-ring (bicyclic) bond motifs is 3. The molecule has 1 aliphatic heterocycles. The van der Waals surface area contributed by atoms with E-state index in [4.69, 9.17) is 25.3 Å². The molecule has 2 aromatic heterocycles. The summed E-state index contributed by atoms with van der Waals surface area (Å²) < 4.78 is 16.6. The molecule has 0 spiro atoms. The van der Waals surface area contributed by atoms with Crippen LogP contribution in [0.1, 0.15) is 22.8 Å². The highest BCUT2D eigenvalue weighted by Crippen LogP contribution is 2.44. The van der Waals surface area contributed by atoms with Crippen LogP contribution in [0.25, 0.3) is 11.0 Å². The molecule has 1 N–H and O–H groups in total. The number of para-hydroxylation sites is 1. The Balaban J connectivity index is 1.64. The zero-order valence-corrected chi connectivity index (χ0v) is 16.5. The first-order valence-electron chi connectivity index (χ1n) is 9.23. The molecule has 8 heteroatoms. The summed E-state index contributed by atoms with van der Waals surface area (Å²) in [6, 6.07) is 15.6. The van der Waals surface area contributed by atoms with Crippen molar-refractivity contribution >= 4 is 34.3 Å². The van der Waals surface area contributed by atoms with E-state index in [0.29, 0.717) is 38.6 Å². The van der Waals surface area contributed by atoms with Crippen LogP contribution in [0, 0.1) is 6.92 Å². The third kappa shape index (κ3) is 3.04. The predicted molar refractivity (Wildman–Crippen MR) is 110 cm³/mol. The normalized spacial score (nSPS) is 17.5. The van der Waals surface area contributed by atoms with E-state index >= 15 is 0 Å². The average Bonchev–Trinajstić information content (AvgIpc) is 3.33. The Bertz CT molecular complexity index is 1330. The minimum absolute atomic E-state index is 0.267. The maximum absolute atomic E-state index is 13.1. The van der Waals surface area contributed by atoms with Crippen LogP contribution in [0.5, 0.6) is 5.75 Å².